The minimum absolute atomic E-state index is 0.560. The zero-order chi connectivity index (χ0) is 9.03. The van der Waals surface area contributed by atoms with Gasteiger partial charge in [0.25, 0.3) is 0 Å². The highest BCUT2D eigenvalue weighted by molar-refractivity contribution is 9.09. The summed E-state index contributed by atoms with van der Waals surface area (Å²) < 4.78 is 0. The summed E-state index contributed by atoms with van der Waals surface area (Å²) in [5.74, 6) is 0. The predicted molar refractivity (Wildman–Crippen MR) is 58.7 cm³/mol. The monoisotopic (exact) mass is 230 g/mol. The lowest BCUT2D eigenvalue weighted by Gasteiger charge is -2.36. The molecule has 0 aromatic rings. The summed E-state index contributed by atoms with van der Waals surface area (Å²) in [7, 11) is 0. The van der Waals surface area contributed by atoms with Crippen molar-refractivity contribution in [2.24, 2.45) is 5.41 Å². The standard InChI is InChI=1S/C11H19Br/c1-10(2)8-11(9-12)6-4-3-5-7-11/h1,3-9H2,2H3. The smallest absolute Gasteiger partial charge is 0.00910 e. The Morgan fingerprint density at radius 2 is 1.92 bits per heavy atom. The van der Waals surface area contributed by atoms with Crippen LogP contribution in [0.5, 0.6) is 0 Å². The summed E-state index contributed by atoms with van der Waals surface area (Å²) in [5, 5.41) is 1.16. The van der Waals surface area contributed by atoms with Crippen molar-refractivity contribution in [3.05, 3.63) is 12.2 Å². The first-order valence-corrected chi connectivity index (χ1v) is 6.01. The first-order valence-electron chi connectivity index (χ1n) is 4.89. The molecule has 0 aromatic carbocycles. The van der Waals surface area contributed by atoms with Gasteiger partial charge in [0.1, 0.15) is 0 Å². The van der Waals surface area contributed by atoms with Crippen LogP contribution in [0.15, 0.2) is 12.2 Å². The van der Waals surface area contributed by atoms with Crippen LogP contribution in [-0.2, 0) is 0 Å². The summed E-state index contributed by atoms with van der Waals surface area (Å²) >= 11 is 3.66. The molecule has 0 aromatic heterocycles. The van der Waals surface area contributed by atoms with Crippen LogP contribution in [0.1, 0.15) is 45.4 Å². The molecule has 1 fully saturated rings. The van der Waals surface area contributed by atoms with E-state index >= 15 is 0 Å². The molecule has 0 N–H and O–H groups in total. The fourth-order valence-corrected chi connectivity index (χ4v) is 3.06. The second-order valence-corrected chi connectivity index (χ2v) is 4.89. The second-order valence-electron chi connectivity index (χ2n) is 4.33. The van der Waals surface area contributed by atoms with E-state index in [1.807, 2.05) is 0 Å². The van der Waals surface area contributed by atoms with Crippen LogP contribution in [0.2, 0.25) is 0 Å². The van der Waals surface area contributed by atoms with Gasteiger partial charge in [-0.3, -0.25) is 0 Å². The molecule has 0 spiro atoms. The van der Waals surface area contributed by atoms with E-state index in [2.05, 4.69) is 29.4 Å². The number of hydrogen-bond acceptors (Lipinski definition) is 0. The minimum atomic E-state index is 0.560. The normalized spacial score (nSPS) is 22.2. The molecule has 0 unspecified atom stereocenters. The Balaban J connectivity index is 2.53. The van der Waals surface area contributed by atoms with E-state index in [1.165, 1.54) is 44.1 Å². The highest BCUT2D eigenvalue weighted by Gasteiger charge is 2.30. The largest absolute Gasteiger partial charge is 0.100 e. The van der Waals surface area contributed by atoms with Gasteiger partial charge in [-0.25, -0.2) is 0 Å². The predicted octanol–water partition coefficient (Wildman–Crippen LogP) is 4.30. The van der Waals surface area contributed by atoms with Crippen LogP contribution in [0, 0.1) is 5.41 Å². The highest BCUT2D eigenvalue weighted by Crippen LogP contribution is 2.42. The summed E-state index contributed by atoms with van der Waals surface area (Å²) in [4.78, 5) is 0. The molecule has 1 aliphatic rings. The van der Waals surface area contributed by atoms with Crippen molar-refractivity contribution in [2.75, 3.05) is 5.33 Å². The number of allylic oxidation sites excluding steroid dienone is 1. The van der Waals surface area contributed by atoms with E-state index in [4.69, 9.17) is 0 Å². The van der Waals surface area contributed by atoms with Crippen molar-refractivity contribution < 1.29 is 0 Å². The Morgan fingerprint density at radius 1 is 1.33 bits per heavy atom. The van der Waals surface area contributed by atoms with E-state index in [9.17, 15) is 0 Å². The third-order valence-electron chi connectivity index (χ3n) is 2.87. The van der Waals surface area contributed by atoms with E-state index in [1.54, 1.807) is 0 Å². The summed E-state index contributed by atoms with van der Waals surface area (Å²) in [6.07, 6.45) is 8.27. The van der Waals surface area contributed by atoms with Gasteiger partial charge in [0.2, 0.25) is 0 Å². The molecule has 1 rings (SSSR count). The van der Waals surface area contributed by atoms with E-state index in [0.717, 1.165) is 5.33 Å². The van der Waals surface area contributed by atoms with Crippen molar-refractivity contribution in [2.45, 2.75) is 45.4 Å². The Bertz CT molecular complexity index is 154. The van der Waals surface area contributed by atoms with Gasteiger partial charge in [0.05, 0.1) is 0 Å². The maximum Gasteiger partial charge on any atom is 0.00910 e. The highest BCUT2D eigenvalue weighted by atomic mass is 79.9. The number of alkyl halides is 1. The Kier molecular flexibility index (Phi) is 3.82. The molecule has 70 valence electrons. The molecule has 1 heteroatoms. The maximum absolute atomic E-state index is 4.02. The van der Waals surface area contributed by atoms with Gasteiger partial charge in [0, 0.05) is 5.33 Å². The number of rotatable bonds is 3. The summed E-state index contributed by atoms with van der Waals surface area (Å²) in [5.41, 5.74) is 1.90. The fourth-order valence-electron chi connectivity index (χ4n) is 2.30. The van der Waals surface area contributed by atoms with Gasteiger partial charge in [-0.2, -0.15) is 0 Å². The van der Waals surface area contributed by atoms with Crippen LogP contribution in [0.4, 0.5) is 0 Å². The Morgan fingerprint density at radius 3 is 2.33 bits per heavy atom. The van der Waals surface area contributed by atoms with Gasteiger partial charge in [-0.15, -0.1) is 6.58 Å². The Labute approximate surface area is 84.6 Å². The first-order chi connectivity index (χ1) is 5.68. The topological polar surface area (TPSA) is 0 Å². The van der Waals surface area contributed by atoms with Crippen LogP contribution < -0.4 is 0 Å². The lowest BCUT2D eigenvalue weighted by atomic mass is 9.72. The summed E-state index contributed by atoms with van der Waals surface area (Å²) in [6, 6.07) is 0. The molecular weight excluding hydrogens is 212 g/mol. The van der Waals surface area contributed by atoms with Crippen molar-refractivity contribution in [1.82, 2.24) is 0 Å². The number of hydrogen-bond donors (Lipinski definition) is 0. The molecule has 0 saturated heterocycles. The molecule has 1 saturated carbocycles. The average Bonchev–Trinajstić information content (AvgIpc) is 2.05. The molecule has 0 bridgehead atoms. The molecule has 0 aliphatic heterocycles. The third kappa shape index (κ3) is 2.62. The van der Waals surface area contributed by atoms with Crippen LogP contribution in [0.25, 0.3) is 0 Å². The molecule has 0 atom stereocenters. The van der Waals surface area contributed by atoms with E-state index in [-0.39, 0.29) is 0 Å². The van der Waals surface area contributed by atoms with Crippen molar-refractivity contribution in [3.63, 3.8) is 0 Å². The SMILES string of the molecule is C=C(C)CC1(CBr)CCCCC1. The van der Waals surface area contributed by atoms with Gasteiger partial charge < -0.3 is 0 Å². The number of halogens is 1. The quantitative estimate of drug-likeness (QED) is 0.501. The van der Waals surface area contributed by atoms with Crippen molar-refractivity contribution in [3.8, 4) is 0 Å². The zero-order valence-electron chi connectivity index (χ0n) is 8.03. The van der Waals surface area contributed by atoms with Gasteiger partial charge >= 0.3 is 0 Å². The van der Waals surface area contributed by atoms with E-state index < -0.39 is 0 Å². The molecule has 0 nitrogen and oxygen atoms in total. The van der Waals surface area contributed by atoms with Crippen LogP contribution in [0.3, 0.4) is 0 Å². The Hall–Kier alpha value is 0.220. The second kappa shape index (κ2) is 4.45. The molecular formula is C11H19Br. The lowest BCUT2D eigenvalue weighted by Crippen LogP contribution is -2.25. The molecule has 0 amide bonds. The molecule has 0 radical (unpaired) electrons. The maximum atomic E-state index is 4.02. The average molecular weight is 231 g/mol. The zero-order valence-corrected chi connectivity index (χ0v) is 9.62. The van der Waals surface area contributed by atoms with Crippen molar-refractivity contribution >= 4 is 15.9 Å². The molecule has 1 aliphatic carbocycles. The molecule has 12 heavy (non-hydrogen) atoms. The van der Waals surface area contributed by atoms with Crippen molar-refractivity contribution in [1.29, 1.82) is 0 Å². The van der Waals surface area contributed by atoms with Gasteiger partial charge in [-0.05, 0) is 31.6 Å². The van der Waals surface area contributed by atoms with E-state index in [0.29, 0.717) is 5.41 Å². The van der Waals surface area contributed by atoms with Gasteiger partial charge in [0.15, 0.2) is 0 Å². The third-order valence-corrected chi connectivity index (χ3v) is 4.06. The van der Waals surface area contributed by atoms with Crippen LogP contribution >= 0.6 is 15.9 Å². The fraction of sp³-hybridized carbons (Fsp3) is 0.818. The lowest BCUT2D eigenvalue weighted by molar-refractivity contribution is 0.223. The van der Waals surface area contributed by atoms with Gasteiger partial charge in [-0.1, -0.05) is 40.8 Å². The summed E-state index contributed by atoms with van der Waals surface area (Å²) in [6.45, 7) is 6.17. The first kappa shape index (κ1) is 10.3. The minimum Gasteiger partial charge on any atom is -0.100 e. The molecule has 0 heterocycles. The van der Waals surface area contributed by atoms with Crippen LogP contribution in [-0.4, -0.2) is 5.33 Å².